The molecule has 0 spiro atoms. The van der Waals surface area contributed by atoms with Crippen molar-refractivity contribution in [3.63, 3.8) is 0 Å². The van der Waals surface area contributed by atoms with E-state index in [1.54, 1.807) is 19.1 Å². The molecule has 1 unspecified atom stereocenters. The Balaban J connectivity index is 1.41. The Hall–Kier alpha value is -2.69. The Kier molecular flexibility index (Phi) is 6.10. The maximum Gasteiger partial charge on any atom is 0.508 e. The highest BCUT2D eigenvalue weighted by molar-refractivity contribution is 5.65. The molecule has 4 rings (SSSR count). The molecule has 2 aromatic heterocycles. The summed E-state index contributed by atoms with van der Waals surface area (Å²) in [5.41, 5.74) is 6.29. The Morgan fingerprint density at radius 2 is 2.15 bits per heavy atom. The van der Waals surface area contributed by atoms with Gasteiger partial charge in [0, 0.05) is 5.92 Å². The van der Waals surface area contributed by atoms with Crippen LogP contribution in [-0.4, -0.2) is 61.5 Å². The Bertz CT molecular complexity index is 1070. The average Bonchev–Trinajstić information content (AvgIpc) is 3.29. The molecule has 0 radical (unpaired) electrons. The van der Waals surface area contributed by atoms with E-state index in [2.05, 4.69) is 23.1 Å². The molecule has 33 heavy (non-hydrogen) atoms. The number of anilines is 1. The summed E-state index contributed by atoms with van der Waals surface area (Å²) in [5.74, 6) is 0.478. The van der Waals surface area contributed by atoms with Crippen LogP contribution in [0.4, 0.5) is 10.6 Å². The molecule has 180 valence electrons. The molecule has 3 heterocycles. The van der Waals surface area contributed by atoms with E-state index in [1.165, 1.54) is 16.4 Å². The molecule has 1 fully saturated rings. The summed E-state index contributed by atoms with van der Waals surface area (Å²) in [7, 11) is 0. The van der Waals surface area contributed by atoms with Crippen LogP contribution in [0.5, 0.6) is 0 Å². The number of rotatable bonds is 5. The zero-order valence-corrected chi connectivity index (χ0v) is 19.4. The van der Waals surface area contributed by atoms with Gasteiger partial charge in [-0.15, -0.1) is 0 Å². The lowest BCUT2D eigenvalue weighted by Crippen LogP contribution is -2.40. The second kappa shape index (κ2) is 8.58. The molecule has 4 N–H and O–H groups in total. The fourth-order valence-electron chi connectivity index (χ4n) is 4.73. The number of aliphatic hydroxyl groups is 2. The van der Waals surface area contributed by atoms with E-state index >= 15 is 0 Å². The number of carbonyl (C=O) groups is 1. The van der Waals surface area contributed by atoms with Gasteiger partial charge in [0.15, 0.2) is 5.82 Å². The predicted octanol–water partition coefficient (Wildman–Crippen LogP) is 2.33. The topological polar surface area (TPSA) is 141 Å². The molecular weight excluding hydrogens is 428 g/mol. The number of ether oxygens (including phenoxy) is 3. The quantitative estimate of drug-likeness (QED) is 0.453. The lowest BCUT2D eigenvalue weighted by molar-refractivity contribution is -0.102. The summed E-state index contributed by atoms with van der Waals surface area (Å²) in [5, 5.41) is 25.6. The highest BCUT2D eigenvalue weighted by Gasteiger charge is 2.54. The summed E-state index contributed by atoms with van der Waals surface area (Å²) >= 11 is 0. The second-order valence-corrected chi connectivity index (χ2v) is 9.65. The smallest absolute Gasteiger partial charge is 0.431 e. The van der Waals surface area contributed by atoms with Gasteiger partial charge >= 0.3 is 6.16 Å². The normalized spacial score (nSPS) is 30.3. The van der Waals surface area contributed by atoms with Crippen LogP contribution in [0.2, 0.25) is 0 Å². The summed E-state index contributed by atoms with van der Waals surface area (Å²) in [6.45, 7) is 7.22. The van der Waals surface area contributed by atoms with Gasteiger partial charge in [-0.1, -0.05) is 11.6 Å². The van der Waals surface area contributed by atoms with Crippen LogP contribution in [0.15, 0.2) is 30.1 Å². The number of nitrogen functional groups attached to an aromatic ring is 1. The molecule has 0 aromatic carbocycles. The highest BCUT2D eigenvalue weighted by atomic mass is 16.7. The first-order valence-corrected chi connectivity index (χ1v) is 11.2. The van der Waals surface area contributed by atoms with Gasteiger partial charge in [0.2, 0.25) is 0 Å². The number of fused-ring (bicyclic) bond motifs is 1. The summed E-state index contributed by atoms with van der Waals surface area (Å²) in [4.78, 5) is 16.4. The number of aliphatic hydroxyl groups excluding tert-OH is 2. The van der Waals surface area contributed by atoms with Crippen LogP contribution < -0.4 is 5.73 Å². The van der Waals surface area contributed by atoms with Crippen LogP contribution >= 0.6 is 0 Å². The third-order valence-electron chi connectivity index (χ3n) is 6.99. The Morgan fingerprint density at radius 3 is 2.85 bits per heavy atom. The second-order valence-electron chi connectivity index (χ2n) is 9.65. The van der Waals surface area contributed by atoms with E-state index in [0.717, 1.165) is 19.3 Å². The maximum atomic E-state index is 12.4. The third-order valence-corrected chi connectivity index (χ3v) is 6.99. The van der Waals surface area contributed by atoms with Crippen molar-refractivity contribution in [1.29, 1.82) is 0 Å². The molecule has 10 nitrogen and oxygen atoms in total. The van der Waals surface area contributed by atoms with Crippen molar-refractivity contribution in [2.75, 3.05) is 12.3 Å². The average molecular weight is 461 g/mol. The fraction of sp³-hybridized carbons (Fsp3) is 0.609. The van der Waals surface area contributed by atoms with E-state index < -0.39 is 35.7 Å². The summed E-state index contributed by atoms with van der Waals surface area (Å²) in [6.07, 6.45) is 1.89. The molecule has 1 saturated heterocycles. The van der Waals surface area contributed by atoms with E-state index in [9.17, 15) is 15.0 Å². The van der Waals surface area contributed by atoms with E-state index in [0.29, 0.717) is 11.2 Å². The first kappa shape index (κ1) is 23.5. The van der Waals surface area contributed by atoms with Gasteiger partial charge in [0.05, 0.1) is 5.69 Å². The van der Waals surface area contributed by atoms with Crippen molar-refractivity contribution in [2.45, 2.75) is 76.5 Å². The maximum absolute atomic E-state index is 12.4. The Labute approximate surface area is 192 Å². The third kappa shape index (κ3) is 4.30. The van der Waals surface area contributed by atoms with Crippen molar-refractivity contribution < 1.29 is 29.2 Å². The lowest BCUT2D eigenvalue weighted by atomic mass is 9.80. The number of aromatic nitrogens is 3. The summed E-state index contributed by atoms with van der Waals surface area (Å²) in [6, 6.07) is 3.42. The van der Waals surface area contributed by atoms with Gasteiger partial charge in [-0.3, -0.25) is 0 Å². The lowest BCUT2D eigenvalue weighted by Gasteiger charge is -2.35. The van der Waals surface area contributed by atoms with Gasteiger partial charge in [-0.25, -0.2) is 14.3 Å². The highest BCUT2D eigenvalue weighted by Crippen LogP contribution is 2.40. The van der Waals surface area contributed by atoms with Gasteiger partial charge in [-0.2, -0.15) is 5.10 Å². The zero-order valence-electron chi connectivity index (χ0n) is 19.4. The monoisotopic (exact) mass is 460 g/mol. The minimum absolute atomic E-state index is 0.198. The standard InChI is InChI=1S/C23H32N4O6/c1-13-5-7-14(8-6-13)22(2,3)33-21(30)31-11-16-18(28)19(29)23(4,32-16)17-10-9-15-20(24)25-12-26-27(15)17/h5,9-10,12,14,16,18-19,28-29H,6-8,11H2,1-4H3,(H2,24,25,26)/t14?,16-,18-,19-,23+/m1/s1. The minimum Gasteiger partial charge on any atom is -0.431 e. The van der Waals surface area contributed by atoms with Gasteiger partial charge in [0.25, 0.3) is 0 Å². The molecule has 10 heteroatoms. The fourth-order valence-corrected chi connectivity index (χ4v) is 4.73. The zero-order chi connectivity index (χ0) is 24.0. The van der Waals surface area contributed by atoms with E-state index in [4.69, 9.17) is 19.9 Å². The van der Waals surface area contributed by atoms with Crippen molar-refractivity contribution in [3.8, 4) is 0 Å². The molecule has 5 atom stereocenters. The first-order chi connectivity index (χ1) is 15.5. The molecular formula is C23H32N4O6. The van der Waals surface area contributed by atoms with Crippen LogP contribution in [-0.2, 0) is 19.8 Å². The summed E-state index contributed by atoms with van der Waals surface area (Å²) < 4.78 is 18.4. The molecule has 2 aliphatic rings. The van der Waals surface area contributed by atoms with Gasteiger partial charge in [0.1, 0.15) is 48.0 Å². The van der Waals surface area contributed by atoms with Crippen LogP contribution in [0, 0.1) is 5.92 Å². The number of nitrogens with two attached hydrogens (primary N) is 1. The van der Waals surface area contributed by atoms with Crippen LogP contribution in [0.25, 0.3) is 5.52 Å². The van der Waals surface area contributed by atoms with Crippen molar-refractivity contribution in [3.05, 3.63) is 35.8 Å². The molecule has 1 aliphatic heterocycles. The largest absolute Gasteiger partial charge is 0.508 e. The predicted molar refractivity (Wildman–Crippen MR) is 119 cm³/mol. The van der Waals surface area contributed by atoms with Gasteiger partial charge in [-0.05, 0) is 59.1 Å². The molecule has 1 aliphatic carbocycles. The van der Waals surface area contributed by atoms with Gasteiger partial charge < -0.3 is 30.2 Å². The van der Waals surface area contributed by atoms with E-state index in [-0.39, 0.29) is 18.3 Å². The first-order valence-electron chi connectivity index (χ1n) is 11.2. The molecule has 0 bridgehead atoms. The van der Waals surface area contributed by atoms with Crippen molar-refractivity contribution in [2.24, 2.45) is 5.92 Å². The number of hydrogen-bond acceptors (Lipinski definition) is 9. The van der Waals surface area contributed by atoms with E-state index in [1.807, 2.05) is 13.8 Å². The van der Waals surface area contributed by atoms with Crippen molar-refractivity contribution in [1.82, 2.24) is 14.6 Å². The number of carbonyl (C=O) groups excluding carboxylic acids is 1. The Morgan fingerprint density at radius 1 is 1.39 bits per heavy atom. The number of nitrogens with zero attached hydrogens (tertiary/aromatic N) is 3. The van der Waals surface area contributed by atoms with Crippen LogP contribution in [0.3, 0.4) is 0 Å². The van der Waals surface area contributed by atoms with Crippen molar-refractivity contribution >= 4 is 17.5 Å². The molecule has 0 saturated carbocycles. The molecule has 2 aromatic rings. The minimum atomic E-state index is -1.31. The number of allylic oxidation sites excluding steroid dienone is 2. The number of hydrogen-bond donors (Lipinski definition) is 3. The molecule has 0 amide bonds. The SMILES string of the molecule is CC1=CCC(C(C)(C)OC(=O)OC[C@H]2O[C@@](C)(c3ccc4c(N)ncnn34)[C@H](O)[C@@H]2O)CC1. The van der Waals surface area contributed by atoms with Crippen LogP contribution in [0.1, 0.15) is 52.7 Å².